The number of nitrogens with zero attached hydrogens (tertiary/aromatic N) is 1. The molecule has 2 aliphatic rings. The fourth-order valence-corrected chi connectivity index (χ4v) is 5.77. The van der Waals surface area contributed by atoms with Gasteiger partial charge in [-0.05, 0) is 36.0 Å². The Labute approximate surface area is 164 Å². The lowest BCUT2D eigenvalue weighted by molar-refractivity contribution is -0.119. The first kappa shape index (κ1) is 18.6. The molecule has 1 N–H and O–H groups in total. The van der Waals surface area contributed by atoms with Crippen molar-refractivity contribution in [2.24, 2.45) is 11.8 Å². The summed E-state index contributed by atoms with van der Waals surface area (Å²) in [6.07, 6.45) is 9.82. The molecule has 7 heteroatoms. The average Bonchev–Trinajstić information content (AvgIpc) is 3.23. The van der Waals surface area contributed by atoms with Crippen LogP contribution in [0.3, 0.4) is 0 Å². The third-order valence-corrected chi connectivity index (χ3v) is 7.91. The highest BCUT2D eigenvalue weighted by Gasteiger charge is 2.63. The van der Waals surface area contributed by atoms with Crippen molar-refractivity contribution in [2.45, 2.75) is 48.8 Å². The van der Waals surface area contributed by atoms with Crippen LogP contribution in [0.5, 0.6) is 0 Å². The van der Waals surface area contributed by atoms with Gasteiger partial charge in [0.05, 0.1) is 10.3 Å². The Morgan fingerprint density at radius 1 is 1.19 bits per heavy atom. The van der Waals surface area contributed by atoms with E-state index >= 15 is 0 Å². The van der Waals surface area contributed by atoms with Crippen molar-refractivity contribution in [2.75, 3.05) is 11.6 Å². The molecule has 1 aromatic carbocycles. The van der Waals surface area contributed by atoms with Crippen molar-refractivity contribution in [1.29, 1.82) is 0 Å². The van der Waals surface area contributed by atoms with Gasteiger partial charge in [0.1, 0.15) is 0 Å². The van der Waals surface area contributed by atoms with Crippen molar-refractivity contribution in [3.8, 4) is 0 Å². The Morgan fingerprint density at radius 3 is 2.48 bits per heavy atom. The van der Waals surface area contributed by atoms with Gasteiger partial charge in [0, 0.05) is 17.8 Å². The number of hydrogen-bond donors (Lipinski definition) is 1. The Bertz CT molecular complexity index is 917. The largest absolute Gasteiger partial charge is 0.301 e. The Kier molecular flexibility index (Phi) is 4.84. The predicted octanol–water partition coefficient (Wildman–Crippen LogP) is 4.02. The first-order chi connectivity index (χ1) is 12.9. The molecule has 0 aliphatic heterocycles. The number of hydrogen-bond acceptors (Lipinski definition) is 5. The molecular weight excluding hydrogens is 380 g/mol. The number of benzene rings is 1. The molecule has 0 radical (unpaired) electrons. The van der Waals surface area contributed by atoms with Crippen LogP contribution in [0.25, 0.3) is 0 Å². The van der Waals surface area contributed by atoms with E-state index in [1.807, 2.05) is 17.5 Å². The first-order valence-electron chi connectivity index (χ1n) is 9.43. The first-order valence-corrected chi connectivity index (χ1v) is 12.2. The van der Waals surface area contributed by atoms with Crippen molar-refractivity contribution in [1.82, 2.24) is 4.98 Å². The molecule has 1 heterocycles. The molecule has 0 spiro atoms. The minimum atomic E-state index is -3.25. The number of nitrogens with one attached hydrogen (secondary N) is 1. The lowest BCUT2D eigenvalue weighted by atomic mass is 9.80. The van der Waals surface area contributed by atoms with Gasteiger partial charge in [0.2, 0.25) is 5.91 Å². The van der Waals surface area contributed by atoms with Crippen LogP contribution in [0, 0.1) is 11.8 Å². The van der Waals surface area contributed by atoms with Gasteiger partial charge in [0.25, 0.3) is 0 Å². The SMILES string of the molecule is CS(=O)(=O)c1ccc([C@@]2(C(=O)Nc3nccs3)C[C@H]2C2CCCCC2)cc1. The molecule has 0 unspecified atom stereocenters. The topological polar surface area (TPSA) is 76.1 Å². The van der Waals surface area contributed by atoms with E-state index in [0.29, 0.717) is 17.0 Å². The molecule has 2 saturated carbocycles. The van der Waals surface area contributed by atoms with Gasteiger partial charge in [-0.25, -0.2) is 13.4 Å². The third kappa shape index (κ3) is 3.55. The Hall–Kier alpha value is -1.73. The predicted molar refractivity (Wildman–Crippen MR) is 107 cm³/mol. The number of anilines is 1. The van der Waals surface area contributed by atoms with E-state index in [1.165, 1.54) is 49.7 Å². The van der Waals surface area contributed by atoms with Crippen LogP contribution < -0.4 is 5.32 Å². The number of rotatable bonds is 5. The quantitative estimate of drug-likeness (QED) is 0.816. The lowest BCUT2D eigenvalue weighted by Crippen LogP contribution is -2.32. The van der Waals surface area contributed by atoms with Crippen molar-refractivity contribution >= 4 is 32.2 Å². The van der Waals surface area contributed by atoms with E-state index in [-0.39, 0.29) is 10.8 Å². The zero-order valence-corrected chi connectivity index (χ0v) is 17.0. The number of thiazole rings is 1. The number of aromatic nitrogens is 1. The van der Waals surface area contributed by atoms with Gasteiger partial charge < -0.3 is 5.32 Å². The highest BCUT2D eigenvalue weighted by Crippen LogP contribution is 2.61. The fraction of sp³-hybridized carbons (Fsp3) is 0.500. The number of carbonyl (C=O) groups excluding carboxylic acids is 1. The molecule has 2 atom stereocenters. The van der Waals surface area contributed by atoms with Crippen LogP contribution >= 0.6 is 11.3 Å². The highest BCUT2D eigenvalue weighted by atomic mass is 32.2. The maximum atomic E-state index is 13.3. The van der Waals surface area contributed by atoms with Gasteiger partial charge in [-0.2, -0.15) is 0 Å². The maximum absolute atomic E-state index is 13.3. The van der Waals surface area contributed by atoms with Crippen LogP contribution in [0.15, 0.2) is 40.7 Å². The standard InChI is InChI=1S/C20H24N2O3S2/c1-27(24,25)16-9-7-15(8-10-16)20(18(23)22-19-21-11-12-26-19)13-17(20)14-5-3-2-4-6-14/h7-12,14,17H,2-6,13H2,1H3,(H,21,22,23)/t17-,20-/m0/s1. The number of amides is 1. The monoisotopic (exact) mass is 404 g/mol. The summed E-state index contributed by atoms with van der Waals surface area (Å²) in [6, 6.07) is 6.89. The van der Waals surface area contributed by atoms with Gasteiger partial charge in [-0.1, -0.05) is 44.2 Å². The third-order valence-electron chi connectivity index (χ3n) is 6.09. The lowest BCUT2D eigenvalue weighted by Gasteiger charge is -2.25. The molecular formula is C20H24N2O3S2. The van der Waals surface area contributed by atoms with E-state index in [0.717, 1.165) is 12.0 Å². The smallest absolute Gasteiger partial charge is 0.237 e. The van der Waals surface area contributed by atoms with Gasteiger partial charge in [0.15, 0.2) is 15.0 Å². The average molecular weight is 405 g/mol. The molecule has 1 aromatic heterocycles. The molecule has 1 amide bonds. The Balaban J connectivity index is 1.65. The van der Waals surface area contributed by atoms with Crippen LogP contribution in [0.4, 0.5) is 5.13 Å². The molecule has 2 fully saturated rings. The summed E-state index contributed by atoms with van der Waals surface area (Å²) < 4.78 is 23.6. The van der Waals surface area contributed by atoms with E-state index in [2.05, 4.69) is 10.3 Å². The van der Waals surface area contributed by atoms with Gasteiger partial charge in [-0.3, -0.25) is 4.79 Å². The zero-order chi connectivity index (χ0) is 19.1. The Morgan fingerprint density at radius 2 is 1.89 bits per heavy atom. The summed E-state index contributed by atoms with van der Waals surface area (Å²) in [5.74, 6) is 0.873. The van der Waals surface area contributed by atoms with Gasteiger partial charge in [-0.15, -0.1) is 11.3 Å². The normalized spacial score (nSPS) is 25.9. The minimum absolute atomic E-state index is 0.0138. The molecule has 5 nitrogen and oxygen atoms in total. The summed E-state index contributed by atoms with van der Waals surface area (Å²) in [6.45, 7) is 0. The molecule has 144 valence electrons. The highest BCUT2D eigenvalue weighted by molar-refractivity contribution is 7.90. The van der Waals surface area contributed by atoms with Gasteiger partial charge >= 0.3 is 0 Å². The zero-order valence-electron chi connectivity index (χ0n) is 15.3. The molecule has 0 bridgehead atoms. The van der Waals surface area contributed by atoms with E-state index < -0.39 is 15.3 Å². The van der Waals surface area contributed by atoms with Crippen molar-refractivity contribution in [3.63, 3.8) is 0 Å². The summed E-state index contributed by atoms with van der Waals surface area (Å²) in [4.78, 5) is 17.7. The van der Waals surface area contributed by atoms with E-state index in [4.69, 9.17) is 0 Å². The van der Waals surface area contributed by atoms with Crippen molar-refractivity contribution < 1.29 is 13.2 Å². The molecule has 2 aromatic rings. The number of carbonyl (C=O) groups is 1. The molecule has 2 aliphatic carbocycles. The molecule has 27 heavy (non-hydrogen) atoms. The minimum Gasteiger partial charge on any atom is -0.301 e. The summed E-state index contributed by atoms with van der Waals surface area (Å²) in [5.41, 5.74) is 0.350. The number of sulfone groups is 1. The van der Waals surface area contributed by atoms with E-state index in [1.54, 1.807) is 18.3 Å². The summed E-state index contributed by atoms with van der Waals surface area (Å²) in [7, 11) is -3.25. The van der Waals surface area contributed by atoms with Crippen LogP contribution in [0.2, 0.25) is 0 Å². The fourth-order valence-electron chi connectivity index (χ4n) is 4.61. The second-order valence-electron chi connectivity index (χ2n) is 7.77. The summed E-state index contributed by atoms with van der Waals surface area (Å²) >= 11 is 1.41. The van der Waals surface area contributed by atoms with E-state index in [9.17, 15) is 13.2 Å². The van der Waals surface area contributed by atoms with Crippen molar-refractivity contribution in [3.05, 3.63) is 41.4 Å². The van der Waals surface area contributed by atoms with Crippen LogP contribution in [-0.2, 0) is 20.0 Å². The van der Waals surface area contributed by atoms with Crippen LogP contribution in [-0.4, -0.2) is 25.6 Å². The second kappa shape index (κ2) is 7.02. The summed E-state index contributed by atoms with van der Waals surface area (Å²) in [5, 5.41) is 5.44. The second-order valence-corrected chi connectivity index (χ2v) is 10.7. The molecule has 4 rings (SSSR count). The maximum Gasteiger partial charge on any atom is 0.237 e. The molecule has 0 saturated heterocycles. The van der Waals surface area contributed by atoms with Crippen LogP contribution in [0.1, 0.15) is 44.1 Å².